The summed E-state index contributed by atoms with van der Waals surface area (Å²) in [5, 5.41) is 12.1. The van der Waals surface area contributed by atoms with E-state index in [1.165, 1.54) is 12.1 Å². The number of alkyl halides is 3. The lowest BCUT2D eigenvalue weighted by Crippen LogP contribution is -2.17. The first-order valence-electron chi connectivity index (χ1n) is 9.43. The van der Waals surface area contributed by atoms with Crippen LogP contribution in [0.3, 0.4) is 0 Å². The zero-order chi connectivity index (χ0) is 22.0. The summed E-state index contributed by atoms with van der Waals surface area (Å²) in [4.78, 5) is 10.4. The number of benzene rings is 2. The van der Waals surface area contributed by atoms with Crippen molar-refractivity contribution in [1.29, 1.82) is 0 Å². The highest BCUT2D eigenvalue weighted by molar-refractivity contribution is 6.32. The summed E-state index contributed by atoms with van der Waals surface area (Å²) in [6.45, 7) is 1.35. The Balaban J connectivity index is 0.00000480. The zero-order valence-electron chi connectivity index (χ0n) is 16.6. The Labute approximate surface area is 190 Å². The van der Waals surface area contributed by atoms with Crippen molar-refractivity contribution in [3.8, 4) is 5.75 Å². The molecular weight excluding hydrogens is 454 g/mol. The van der Waals surface area contributed by atoms with Crippen LogP contribution in [0.25, 0.3) is 6.08 Å². The van der Waals surface area contributed by atoms with Crippen LogP contribution >= 0.6 is 24.0 Å². The van der Waals surface area contributed by atoms with Gasteiger partial charge >= 0.3 is 12.1 Å². The van der Waals surface area contributed by atoms with E-state index in [0.29, 0.717) is 43.3 Å². The lowest BCUT2D eigenvalue weighted by molar-refractivity contribution is -0.138. The molecule has 0 amide bonds. The molecule has 0 aliphatic rings. The molecule has 31 heavy (non-hydrogen) atoms. The van der Waals surface area contributed by atoms with Gasteiger partial charge in [-0.3, -0.25) is 4.79 Å². The average molecular weight is 478 g/mol. The number of carboxylic acid groups (broad SMARTS) is 1. The van der Waals surface area contributed by atoms with Gasteiger partial charge < -0.3 is 15.2 Å². The molecule has 4 nitrogen and oxygen atoms in total. The van der Waals surface area contributed by atoms with Crippen LogP contribution in [-0.2, 0) is 17.4 Å². The fourth-order valence-electron chi connectivity index (χ4n) is 2.63. The number of aliphatic carboxylic acids is 1. The molecular formula is C22H24Cl2F3NO3. The van der Waals surface area contributed by atoms with Gasteiger partial charge in [-0.25, -0.2) is 0 Å². The molecule has 0 fully saturated rings. The molecule has 170 valence electrons. The third kappa shape index (κ3) is 10.1. The van der Waals surface area contributed by atoms with E-state index in [1.54, 1.807) is 12.1 Å². The van der Waals surface area contributed by atoms with Gasteiger partial charge in [0.25, 0.3) is 0 Å². The molecule has 0 aliphatic carbocycles. The van der Waals surface area contributed by atoms with Gasteiger partial charge in [0.05, 0.1) is 23.6 Å². The number of hydrogen-bond acceptors (Lipinski definition) is 3. The minimum absolute atomic E-state index is 0. The standard InChI is InChI=1S/C22H23ClF3NO3.ClH/c23-20-15-19(10-7-17(20)4-1-12-27-13-11-21(28)29)30-14-2-3-16-5-8-18(9-6-16)22(24,25)26;/h1,4-10,15,27H,2-3,11-14H2,(H,28,29);1H/b4-1+;. The van der Waals surface area contributed by atoms with E-state index in [1.807, 2.05) is 18.2 Å². The number of nitrogens with one attached hydrogen (secondary N) is 1. The number of halogens is 5. The summed E-state index contributed by atoms with van der Waals surface area (Å²) < 4.78 is 43.4. The van der Waals surface area contributed by atoms with Crippen LogP contribution < -0.4 is 10.1 Å². The van der Waals surface area contributed by atoms with Gasteiger partial charge in [-0.05, 0) is 54.3 Å². The molecule has 0 aliphatic heterocycles. The number of carbonyl (C=O) groups is 1. The van der Waals surface area contributed by atoms with Gasteiger partial charge in [-0.15, -0.1) is 12.4 Å². The molecule has 0 saturated carbocycles. The SMILES string of the molecule is Cl.O=C(O)CCNC/C=C/c1ccc(OCCCc2ccc(C(F)(F)F)cc2)cc1Cl. The monoisotopic (exact) mass is 477 g/mol. The topological polar surface area (TPSA) is 58.6 Å². The van der Waals surface area contributed by atoms with Crippen molar-refractivity contribution in [1.82, 2.24) is 5.32 Å². The van der Waals surface area contributed by atoms with Gasteiger partial charge in [0.15, 0.2) is 0 Å². The third-order valence-corrected chi connectivity index (χ3v) is 4.53. The van der Waals surface area contributed by atoms with E-state index in [0.717, 1.165) is 23.3 Å². The summed E-state index contributed by atoms with van der Waals surface area (Å²) in [6.07, 6.45) is 0.713. The van der Waals surface area contributed by atoms with E-state index in [-0.39, 0.29) is 18.8 Å². The van der Waals surface area contributed by atoms with Crippen molar-refractivity contribution >= 4 is 36.1 Å². The summed E-state index contributed by atoms with van der Waals surface area (Å²) in [7, 11) is 0. The van der Waals surface area contributed by atoms with E-state index < -0.39 is 17.7 Å². The molecule has 9 heteroatoms. The summed E-state index contributed by atoms with van der Waals surface area (Å²) in [6, 6.07) is 10.5. The van der Waals surface area contributed by atoms with Crippen LogP contribution in [-0.4, -0.2) is 30.8 Å². The van der Waals surface area contributed by atoms with Gasteiger partial charge in [-0.1, -0.05) is 35.9 Å². The van der Waals surface area contributed by atoms with Gasteiger partial charge in [0.1, 0.15) is 5.75 Å². The van der Waals surface area contributed by atoms with Crippen LogP contribution in [0.4, 0.5) is 13.2 Å². The van der Waals surface area contributed by atoms with E-state index in [2.05, 4.69) is 5.32 Å². The molecule has 0 atom stereocenters. The molecule has 0 bridgehead atoms. The fraction of sp³-hybridized carbons (Fsp3) is 0.318. The van der Waals surface area contributed by atoms with E-state index in [9.17, 15) is 18.0 Å². The lowest BCUT2D eigenvalue weighted by Gasteiger charge is -2.09. The number of rotatable bonds is 11. The highest BCUT2D eigenvalue weighted by Gasteiger charge is 2.29. The number of hydrogen-bond donors (Lipinski definition) is 2. The maximum absolute atomic E-state index is 12.6. The molecule has 0 unspecified atom stereocenters. The molecule has 0 aromatic heterocycles. The van der Waals surface area contributed by atoms with E-state index >= 15 is 0 Å². The largest absolute Gasteiger partial charge is 0.494 e. The Morgan fingerprint density at radius 3 is 2.48 bits per heavy atom. The molecule has 0 heterocycles. The normalized spacial score (nSPS) is 11.4. The summed E-state index contributed by atoms with van der Waals surface area (Å²) >= 11 is 6.25. The highest BCUT2D eigenvalue weighted by Crippen LogP contribution is 2.29. The smallest absolute Gasteiger partial charge is 0.416 e. The molecule has 2 N–H and O–H groups in total. The van der Waals surface area contributed by atoms with Crippen LogP contribution in [0.5, 0.6) is 5.75 Å². The van der Waals surface area contributed by atoms with Crippen molar-refractivity contribution in [2.75, 3.05) is 19.7 Å². The van der Waals surface area contributed by atoms with Crippen LogP contribution in [0.15, 0.2) is 48.5 Å². The minimum atomic E-state index is -4.32. The van der Waals surface area contributed by atoms with Crippen molar-refractivity contribution in [3.05, 3.63) is 70.3 Å². The lowest BCUT2D eigenvalue weighted by atomic mass is 10.1. The first-order chi connectivity index (χ1) is 14.3. The Bertz CT molecular complexity index is 856. The predicted octanol–water partition coefficient (Wildman–Crippen LogP) is 5.87. The fourth-order valence-corrected chi connectivity index (χ4v) is 2.86. The maximum atomic E-state index is 12.6. The molecule has 2 aromatic carbocycles. The second-order valence-electron chi connectivity index (χ2n) is 6.58. The van der Waals surface area contributed by atoms with Crippen LogP contribution in [0, 0.1) is 0 Å². The number of aryl methyl sites for hydroxylation is 1. The Morgan fingerprint density at radius 1 is 1.16 bits per heavy atom. The van der Waals surface area contributed by atoms with Crippen molar-refractivity contribution < 1.29 is 27.8 Å². The van der Waals surface area contributed by atoms with E-state index in [4.69, 9.17) is 21.4 Å². The molecule has 2 rings (SSSR count). The zero-order valence-corrected chi connectivity index (χ0v) is 18.2. The molecule has 0 saturated heterocycles. The Hall–Kier alpha value is -2.22. The first kappa shape index (κ1) is 26.8. The molecule has 0 radical (unpaired) electrons. The predicted molar refractivity (Wildman–Crippen MR) is 118 cm³/mol. The quantitative estimate of drug-likeness (QED) is 0.397. The first-order valence-corrected chi connectivity index (χ1v) is 9.81. The molecule has 0 spiro atoms. The second-order valence-corrected chi connectivity index (χ2v) is 6.99. The third-order valence-electron chi connectivity index (χ3n) is 4.21. The van der Waals surface area contributed by atoms with Crippen LogP contribution in [0.2, 0.25) is 5.02 Å². The number of carboxylic acids is 1. The van der Waals surface area contributed by atoms with Crippen LogP contribution in [0.1, 0.15) is 29.5 Å². The highest BCUT2D eigenvalue weighted by atomic mass is 35.5. The van der Waals surface area contributed by atoms with Gasteiger partial charge in [0.2, 0.25) is 0 Å². The second kappa shape index (κ2) is 13.2. The van der Waals surface area contributed by atoms with Crippen molar-refractivity contribution in [2.24, 2.45) is 0 Å². The Morgan fingerprint density at radius 2 is 1.87 bits per heavy atom. The number of ether oxygens (including phenoxy) is 1. The van der Waals surface area contributed by atoms with Gasteiger partial charge in [0, 0.05) is 13.1 Å². The van der Waals surface area contributed by atoms with Gasteiger partial charge in [-0.2, -0.15) is 13.2 Å². The Kier molecular flexibility index (Phi) is 11.5. The summed E-state index contributed by atoms with van der Waals surface area (Å²) in [5.74, 6) is -0.228. The minimum Gasteiger partial charge on any atom is -0.494 e. The van der Waals surface area contributed by atoms with Crippen molar-refractivity contribution in [2.45, 2.75) is 25.4 Å². The van der Waals surface area contributed by atoms with Crippen molar-refractivity contribution in [3.63, 3.8) is 0 Å². The molecule has 2 aromatic rings. The average Bonchev–Trinajstić information content (AvgIpc) is 2.68. The maximum Gasteiger partial charge on any atom is 0.416 e. The summed E-state index contributed by atoms with van der Waals surface area (Å²) in [5.41, 5.74) is 0.984.